The summed E-state index contributed by atoms with van der Waals surface area (Å²) < 4.78 is 0. The second-order valence-electron chi connectivity index (χ2n) is 4.04. The molecule has 6 N–H and O–H groups in total. The summed E-state index contributed by atoms with van der Waals surface area (Å²) in [5.41, 5.74) is 10.8. The number of unbranched alkanes of at least 4 members (excludes halogenated alkanes) is 3. The van der Waals surface area contributed by atoms with Crippen molar-refractivity contribution in [1.82, 2.24) is 5.32 Å². The van der Waals surface area contributed by atoms with Gasteiger partial charge in [0.15, 0.2) is 0 Å². The second kappa shape index (κ2) is 20.5. The molecule has 0 bridgehead atoms. The fourth-order valence-corrected chi connectivity index (χ4v) is 1.44. The molecule has 120 valence electrons. The average molecular weight is 341 g/mol. The van der Waals surface area contributed by atoms with Gasteiger partial charge in [0.1, 0.15) is 6.04 Å². The highest BCUT2D eigenvalue weighted by molar-refractivity contribution is 5.86. The topological polar surface area (TPSA) is 101 Å². The van der Waals surface area contributed by atoms with Crippen molar-refractivity contribution in [2.75, 3.05) is 19.6 Å². The van der Waals surface area contributed by atoms with Gasteiger partial charge < -0.3 is 21.9 Å². The smallest absolute Gasteiger partial charge is 0.320 e. The molecule has 0 aromatic rings. The molecule has 0 radical (unpaired) electrons. The number of hydrogen-bond donors (Lipinski definition) is 4. The van der Waals surface area contributed by atoms with Gasteiger partial charge in [-0.1, -0.05) is 12.8 Å². The van der Waals surface area contributed by atoms with Crippen LogP contribution in [0.3, 0.4) is 0 Å². The largest absolute Gasteiger partial charge is 0.480 e. The Labute approximate surface area is 134 Å². The first-order valence-corrected chi connectivity index (χ1v) is 6.07. The molecule has 0 aromatic carbocycles. The second-order valence-corrected chi connectivity index (χ2v) is 4.04. The highest BCUT2D eigenvalue weighted by Gasteiger charge is 2.09. The first-order chi connectivity index (χ1) is 7.68. The van der Waals surface area contributed by atoms with Crippen molar-refractivity contribution >= 4 is 43.2 Å². The van der Waals surface area contributed by atoms with Gasteiger partial charge in [0.2, 0.25) is 0 Å². The number of carboxylic acids is 1. The molecular formula is C11H28Cl3N3O2. The quantitative estimate of drug-likeness (QED) is 0.427. The molecule has 0 amide bonds. The molecular weight excluding hydrogens is 312 g/mol. The van der Waals surface area contributed by atoms with Crippen LogP contribution in [-0.4, -0.2) is 36.8 Å². The van der Waals surface area contributed by atoms with Crippen LogP contribution in [0, 0.1) is 0 Å². The lowest BCUT2D eigenvalue weighted by atomic mass is 10.1. The van der Waals surface area contributed by atoms with Crippen LogP contribution in [0.15, 0.2) is 0 Å². The number of halogens is 3. The fraction of sp³-hybridized carbons (Fsp3) is 0.909. The Kier molecular flexibility index (Phi) is 29.8. The molecule has 0 spiro atoms. The van der Waals surface area contributed by atoms with Gasteiger partial charge in [-0.15, -0.1) is 37.2 Å². The lowest BCUT2D eigenvalue weighted by Crippen LogP contribution is -2.31. The van der Waals surface area contributed by atoms with Gasteiger partial charge in [0.05, 0.1) is 0 Å². The molecule has 0 aliphatic carbocycles. The summed E-state index contributed by atoms with van der Waals surface area (Å²) >= 11 is 0. The number of carboxylic acid groups (broad SMARTS) is 1. The Balaban J connectivity index is -0.000000375. The van der Waals surface area contributed by atoms with E-state index in [0.717, 1.165) is 38.9 Å². The van der Waals surface area contributed by atoms with Gasteiger partial charge >= 0.3 is 5.97 Å². The van der Waals surface area contributed by atoms with Gasteiger partial charge in [-0.25, -0.2) is 0 Å². The Morgan fingerprint density at radius 2 is 1.53 bits per heavy atom. The Bertz CT molecular complexity index is 189. The van der Waals surface area contributed by atoms with E-state index in [0.29, 0.717) is 6.42 Å². The molecule has 0 saturated carbocycles. The maximum Gasteiger partial charge on any atom is 0.320 e. The number of nitrogens with two attached hydrogens (primary N) is 2. The van der Waals surface area contributed by atoms with Crippen molar-refractivity contribution in [3.05, 3.63) is 0 Å². The molecule has 0 fully saturated rings. The summed E-state index contributed by atoms with van der Waals surface area (Å²) in [6, 6.07) is -0.716. The van der Waals surface area contributed by atoms with Crippen LogP contribution in [0.1, 0.15) is 38.5 Å². The van der Waals surface area contributed by atoms with Crippen LogP contribution in [0.2, 0.25) is 0 Å². The van der Waals surface area contributed by atoms with Crippen molar-refractivity contribution in [2.45, 2.75) is 44.6 Å². The summed E-state index contributed by atoms with van der Waals surface area (Å²) in [7, 11) is 0. The Morgan fingerprint density at radius 1 is 1.00 bits per heavy atom. The summed E-state index contributed by atoms with van der Waals surface area (Å²) in [6.45, 7) is 2.62. The SMILES string of the molecule is Cl.Cl.Cl.NCCCCCCNCCCC(N)C(=O)O. The molecule has 0 rings (SSSR count). The van der Waals surface area contributed by atoms with Crippen LogP contribution in [0.4, 0.5) is 0 Å². The molecule has 19 heavy (non-hydrogen) atoms. The van der Waals surface area contributed by atoms with Gasteiger partial charge in [-0.3, -0.25) is 4.79 Å². The molecule has 1 atom stereocenters. The number of rotatable bonds is 11. The van der Waals surface area contributed by atoms with Crippen LogP contribution in [-0.2, 0) is 4.79 Å². The van der Waals surface area contributed by atoms with E-state index in [1.54, 1.807) is 0 Å². The normalized spacial score (nSPS) is 10.6. The minimum absolute atomic E-state index is 0. The lowest BCUT2D eigenvalue weighted by molar-refractivity contribution is -0.138. The number of hydrogen-bond acceptors (Lipinski definition) is 4. The maximum atomic E-state index is 10.4. The predicted molar refractivity (Wildman–Crippen MR) is 87.0 cm³/mol. The van der Waals surface area contributed by atoms with Gasteiger partial charge in [0.25, 0.3) is 0 Å². The van der Waals surface area contributed by atoms with Crippen molar-refractivity contribution < 1.29 is 9.90 Å². The van der Waals surface area contributed by atoms with Gasteiger partial charge in [-0.05, 0) is 45.3 Å². The van der Waals surface area contributed by atoms with Crippen molar-refractivity contribution in [1.29, 1.82) is 0 Å². The van der Waals surface area contributed by atoms with E-state index in [4.69, 9.17) is 16.6 Å². The maximum absolute atomic E-state index is 10.4. The first-order valence-electron chi connectivity index (χ1n) is 6.07. The minimum Gasteiger partial charge on any atom is -0.480 e. The highest BCUT2D eigenvalue weighted by Crippen LogP contribution is 1.97. The van der Waals surface area contributed by atoms with E-state index in [2.05, 4.69) is 5.32 Å². The number of carbonyl (C=O) groups is 1. The van der Waals surface area contributed by atoms with Crippen LogP contribution in [0.25, 0.3) is 0 Å². The van der Waals surface area contributed by atoms with Crippen LogP contribution in [0.5, 0.6) is 0 Å². The summed E-state index contributed by atoms with van der Waals surface area (Å²) in [5.74, 6) is -0.915. The molecule has 1 unspecified atom stereocenters. The van der Waals surface area contributed by atoms with Crippen molar-refractivity contribution in [3.63, 3.8) is 0 Å². The van der Waals surface area contributed by atoms with E-state index < -0.39 is 12.0 Å². The third kappa shape index (κ3) is 20.7. The standard InChI is InChI=1S/C11H25N3O2.3ClH/c12-7-3-1-2-4-8-14-9-5-6-10(13)11(15)16;;;/h10,14H,1-9,12-13H2,(H,15,16);3*1H. The molecule has 0 aliphatic rings. The van der Waals surface area contributed by atoms with Crippen LogP contribution < -0.4 is 16.8 Å². The fourth-order valence-electron chi connectivity index (χ4n) is 1.44. The molecule has 0 aromatic heterocycles. The van der Waals surface area contributed by atoms with E-state index in [-0.39, 0.29) is 37.2 Å². The molecule has 8 heteroatoms. The zero-order valence-corrected chi connectivity index (χ0v) is 13.6. The zero-order chi connectivity index (χ0) is 12.2. The third-order valence-corrected chi connectivity index (χ3v) is 2.49. The Morgan fingerprint density at radius 3 is 2.05 bits per heavy atom. The van der Waals surface area contributed by atoms with Crippen molar-refractivity contribution in [3.8, 4) is 0 Å². The molecule has 0 heterocycles. The monoisotopic (exact) mass is 339 g/mol. The van der Waals surface area contributed by atoms with E-state index >= 15 is 0 Å². The summed E-state index contributed by atoms with van der Waals surface area (Å²) in [5, 5.41) is 11.8. The molecule has 0 saturated heterocycles. The summed E-state index contributed by atoms with van der Waals surface area (Å²) in [4.78, 5) is 10.4. The zero-order valence-electron chi connectivity index (χ0n) is 11.2. The summed E-state index contributed by atoms with van der Waals surface area (Å²) in [6.07, 6.45) is 6.02. The molecule has 0 aliphatic heterocycles. The van der Waals surface area contributed by atoms with Crippen LogP contribution >= 0.6 is 37.2 Å². The number of aliphatic carboxylic acids is 1. The van der Waals surface area contributed by atoms with Crippen molar-refractivity contribution in [2.24, 2.45) is 11.5 Å². The number of nitrogens with one attached hydrogen (secondary N) is 1. The van der Waals surface area contributed by atoms with Gasteiger partial charge in [0, 0.05) is 0 Å². The van der Waals surface area contributed by atoms with E-state index in [1.165, 1.54) is 12.8 Å². The first kappa shape index (κ1) is 27.5. The molecule has 5 nitrogen and oxygen atoms in total. The third-order valence-electron chi connectivity index (χ3n) is 2.49. The average Bonchev–Trinajstić information content (AvgIpc) is 2.26. The predicted octanol–water partition coefficient (Wildman–Crippen LogP) is 1.55. The van der Waals surface area contributed by atoms with E-state index in [9.17, 15) is 4.79 Å². The van der Waals surface area contributed by atoms with E-state index in [1.807, 2.05) is 0 Å². The minimum atomic E-state index is -0.915. The highest BCUT2D eigenvalue weighted by atomic mass is 35.5. The lowest BCUT2D eigenvalue weighted by Gasteiger charge is -2.07. The Hall–Kier alpha value is 0.220. The van der Waals surface area contributed by atoms with Gasteiger partial charge in [-0.2, -0.15) is 0 Å².